The average Bonchev–Trinajstić information content (AvgIpc) is 3.48. The molecule has 2 unspecified atom stereocenters. The Hall–Kier alpha value is -1.14. The smallest absolute Gasteiger partial charge is 0.305 e. The molecule has 0 radical (unpaired) electrons. The van der Waals surface area contributed by atoms with E-state index >= 15 is 0 Å². The van der Waals surface area contributed by atoms with Gasteiger partial charge in [0.1, 0.15) is 0 Å². The minimum Gasteiger partial charge on any atom is -0.466 e. The number of aliphatic hydroxyl groups is 2. The molecule has 82 heavy (non-hydrogen) atoms. The Bertz CT molecular complexity index is 1200. The fourth-order valence-electron chi connectivity index (χ4n) is 12.6. The predicted octanol–water partition coefficient (Wildman–Crippen LogP) is 24.9. The highest BCUT2D eigenvalue weighted by Crippen LogP contribution is 2.20. The van der Waals surface area contributed by atoms with Crippen molar-refractivity contribution in [1.82, 2.24) is 5.32 Å². The summed E-state index contributed by atoms with van der Waals surface area (Å²) in [5.41, 5.74) is 0. The number of amides is 1. The number of esters is 1. The van der Waals surface area contributed by atoms with Gasteiger partial charge in [0, 0.05) is 12.8 Å². The van der Waals surface area contributed by atoms with Crippen LogP contribution < -0.4 is 5.32 Å². The molecule has 0 saturated carbocycles. The van der Waals surface area contributed by atoms with E-state index in [1.807, 2.05) is 0 Å². The van der Waals surface area contributed by atoms with Crippen molar-refractivity contribution in [1.29, 1.82) is 0 Å². The van der Waals surface area contributed by atoms with E-state index in [1.165, 1.54) is 379 Å². The Morgan fingerprint density at radius 2 is 0.500 bits per heavy atom. The number of carbonyl (C=O) groups is 2. The molecule has 3 N–H and O–H groups in total. The maximum Gasteiger partial charge on any atom is 0.305 e. The number of rotatable bonds is 73. The van der Waals surface area contributed by atoms with Crippen molar-refractivity contribution in [3.8, 4) is 0 Å². The second-order valence-electron chi connectivity index (χ2n) is 26.7. The summed E-state index contributed by atoms with van der Waals surface area (Å²) in [5.74, 6) is 0.000504. The van der Waals surface area contributed by atoms with Crippen molar-refractivity contribution in [2.75, 3.05) is 13.2 Å². The van der Waals surface area contributed by atoms with E-state index in [0.29, 0.717) is 25.9 Å². The monoisotopic (exact) mass is 1160 g/mol. The molecule has 6 heteroatoms. The van der Waals surface area contributed by atoms with Crippen molar-refractivity contribution in [3.05, 3.63) is 0 Å². The third kappa shape index (κ3) is 68.0. The van der Waals surface area contributed by atoms with E-state index in [0.717, 1.165) is 38.5 Å². The first-order valence-electron chi connectivity index (χ1n) is 38.3. The normalized spacial score (nSPS) is 12.4. The summed E-state index contributed by atoms with van der Waals surface area (Å²) < 4.78 is 5.49. The van der Waals surface area contributed by atoms with E-state index in [-0.39, 0.29) is 18.5 Å². The lowest BCUT2D eigenvalue weighted by atomic mass is 10.0. The third-order valence-electron chi connectivity index (χ3n) is 18.4. The zero-order valence-electron chi connectivity index (χ0n) is 56.3. The van der Waals surface area contributed by atoms with Gasteiger partial charge in [-0.3, -0.25) is 9.59 Å². The number of ether oxygens (including phenoxy) is 1. The Balaban J connectivity index is 3.28. The molecule has 0 aliphatic heterocycles. The number of hydrogen-bond acceptors (Lipinski definition) is 5. The molecule has 0 fully saturated rings. The Kier molecular flexibility index (Phi) is 71.3. The van der Waals surface area contributed by atoms with Gasteiger partial charge in [0.25, 0.3) is 0 Å². The minimum atomic E-state index is -0.659. The van der Waals surface area contributed by atoms with E-state index in [2.05, 4.69) is 19.2 Å². The van der Waals surface area contributed by atoms with Gasteiger partial charge in [-0.1, -0.05) is 412 Å². The average molecular weight is 1160 g/mol. The van der Waals surface area contributed by atoms with Gasteiger partial charge >= 0.3 is 5.97 Å². The van der Waals surface area contributed by atoms with Gasteiger partial charge in [-0.2, -0.15) is 0 Å². The maximum absolute atomic E-state index is 12.5. The highest BCUT2D eigenvalue weighted by atomic mass is 16.5. The quantitative estimate of drug-likeness (QED) is 0.0417. The number of nitrogens with one attached hydrogen (secondary N) is 1. The van der Waals surface area contributed by atoms with Crippen LogP contribution in [0.15, 0.2) is 0 Å². The standard InChI is InChI=1S/C76H151NO5/c1-3-5-7-9-11-13-15-17-18-42-45-48-52-56-60-64-68-74(79)73(72-78)77-75(80)69-65-61-57-53-49-46-43-40-38-36-34-32-30-28-26-24-22-20-19-21-23-25-27-29-31-33-35-37-39-41-44-47-51-55-59-63-67-71-82-76(81)70-66-62-58-54-50-16-14-12-10-8-6-4-2/h73-74,78-79H,3-72H2,1-2H3,(H,77,80). The van der Waals surface area contributed by atoms with Gasteiger partial charge in [-0.25, -0.2) is 0 Å². The first-order chi connectivity index (χ1) is 40.5. The molecule has 0 rings (SSSR count). The van der Waals surface area contributed by atoms with Crippen LogP contribution >= 0.6 is 0 Å². The first kappa shape index (κ1) is 80.9. The second-order valence-corrected chi connectivity index (χ2v) is 26.7. The number of aliphatic hydroxyl groups excluding tert-OH is 2. The highest BCUT2D eigenvalue weighted by molar-refractivity contribution is 5.76. The molecule has 0 aromatic rings. The molecular weight excluding hydrogens is 1010 g/mol. The minimum absolute atomic E-state index is 0.0247. The largest absolute Gasteiger partial charge is 0.466 e. The van der Waals surface area contributed by atoms with Gasteiger partial charge < -0.3 is 20.3 Å². The summed E-state index contributed by atoms with van der Waals surface area (Å²) >= 11 is 0. The van der Waals surface area contributed by atoms with Crippen LogP contribution in [0.2, 0.25) is 0 Å². The lowest BCUT2D eigenvalue weighted by molar-refractivity contribution is -0.143. The maximum atomic E-state index is 12.5. The molecule has 0 aromatic carbocycles. The van der Waals surface area contributed by atoms with Crippen molar-refractivity contribution >= 4 is 11.9 Å². The van der Waals surface area contributed by atoms with Gasteiger partial charge in [0.05, 0.1) is 25.4 Å². The zero-order chi connectivity index (χ0) is 59.2. The lowest BCUT2D eigenvalue weighted by Crippen LogP contribution is -2.45. The Morgan fingerprint density at radius 3 is 0.744 bits per heavy atom. The molecule has 0 spiro atoms. The topological polar surface area (TPSA) is 95.9 Å². The second kappa shape index (κ2) is 72.3. The van der Waals surface area contributed by atoms with Crippen LogP contribution in [0.5, 0.6) is 0 Å². The SMILES string of the molecule is CCCCCCCCCCCCCCCCCCC(O)C(CO)NC(=O)CCCCCCCCCCCCCCCCCCCCCCCCCCCCCCCCCCCCCCCOC(=O)CCCCCCCCCCCCCC. The van der Waals surface area contributed by atoms with Gasteiger partial charge in [-0.15, -0.1) is 0 Å². The summed E-state index contributed by atoms with van der Waals surface area (Å²) in [7, 11) is 0. The van der Waals surface area contributed by atoms with E-state index in [1.54, 1.807) is 0 Å². The molecule has 0 heterocycles. The molecule has 490 valence electrons. The molecule has 6 nitrogen and oxygen atoms in total. The summed E-state index contributed by atoms with van der Waals surface area (Å²) in [6, 6.07) is -0.536. The summed E-state index contributed by atoms with van der Waals surface area (Å²) in [6.07, 6.45) is 89.1. The molecular formula is C76H151NO5. The summed E-state index contributed by atoms with van der Waals surface area (Å²) in [5, 5.41) is 23.4. The molecule has 0 saturated heterocycles. The van der Waals surface area contributed by atoms with E-state index in [9.17, 15) is 19.8 Å². The third-order valence-corrected chi connectivity index (χ3v) is 18.4. The number of unbranched alkanes of at least 4 members (excludes halogenated alkanes) is 62. The molecule has 0 aromatic heterocycles. The Morgan fingerprint density at radius 1 is 0.293 bits per heavy atom. The molecule has 0 aliphatic carbocycles. The van der Waals surface area contributed by atoms with Crippen LogP contribution in [0, 0.1) is 0 Å². The predicted molar refractivity (Wildman–Crippen MR) is 361 cm³/mol. The van der Waals surface area contributed by atoms with Crippen molar-refractivity contribution in [3.63, 3.8) is 0 Å². The molecule has 2 atom stereocenters. The molecule has 0 bridgehead atoms. The van der Waals surface area contributed by atoms with Crippen LogP contribution in [0.1, 0.15) is 450 Å². The zero-order valence-corrected chi connectivity index (χ0v) is 56.3. The van der Waals surface area contributed by atoms with Crippen molar-refractivity contribution < 1.29 is 24.5 Å². The lowest BCUT2D eigenvalue weighted by Gasteiger charge is -2.22. The van der Waals surface area contributed by atoms with Crippen molar-refractivity contribution in [2.24, 2.45) is 0 Å². The molecule has 0 aliphatic rings. The van der Waals surface area contributed by atoms with Crippen LogP contribution in [-0.4, -0.2) is 47.4 Å². The van der Waals surface area contributed by atoms with Crippen LogP contribution in [0.4, 0.5) is 0 Å². The van der Waals surface area contributed by atoms with Crippen LogP contribution in [0.3, 0.4) is 0 Å². The van der Waals surface area contributed by atoms with E-state index < -0.39 is 12.1 Å². The highest BCUT2D eigenvalue weighted by Gasteiger charge is 2.20. The number of hydrogen-bond donors (Lipinski definition) is 3. The van der Waals surface area contributed by atoms with Gasteiger partial charge in [0.2, 0.25) is 5.91 Å². The first-order valence-corrected chi connectivity index (χ1v) is 38.3. The number of carbonyl (C=O) groups excluding carboxylic acids is 2. The molecule has 1 amide bonds. The fraction of sp³-hybridized carbons (Fsp3) is 0.974. The van der Waals surface area contributed by atoms with Crippen LogP contribution in [0.25, 0.3) is 0 Å². The summed E-state index contributed by atoms with van der Waals surface area (Å²) in [4.78, 5) is 24.6. The summed E-state index contributed by atoms with van der Waals surface area (Å²) in [6.45, 7) is 5.00. The van der Waals surface area contributed by atoms with Gasteiger partial charge in [-0.05, 0) is 25.7 Å². The van der Waals surface area contributed by atoms with E-state index in [4.69, 9.17) is 4.74 Å². The van der Waals surface area contributed by atoms with Crippen molar-refractivity contribution in [2.45, 2.75) is 463 Å². The fourth-order valence-corrected chi connectivity index (χ4v) is 12.6. The Labute approximate surface area is 515 Å². The van der Waals surface area contributed by atoms with Gasteiger partial charge in [0.15, 0.2) is 0 Å². The van der Waals surface area contributed by atoms with Crippen LogP contribution in [-0.2, 0) is 14.3 Å².